The highest BCUT2D eigenvalue weighted by atomic mass is 35.5. The standard InChI is InChI=1S/C9H19ClO2/c1-4-9(2,3)12-8-7-11-6-5-10/h4-8H2,1-3H3. The topological polar surface area (TPSA) is 18.5 Å². The predicted molar refractivity (Wildman–Crippen MR) is 51.9 cm³/mol. The highest BCUT2D eigenvalue weighted by Gasteiger charge is 2.14. The molecule has 0 aliphatic heterocycles. The van der Waals surface area contributed by atoms with Gasteiger partial charge < -0.3 is 9.47 Å². The van der Waals surface area contributed by atoms with Gasteiger partial charge in [0, 0.05) is 5.88 Å². The smallest absolute Gasteiger partial charge is 0.0707 e. The summed E-state index contributed by atoms with van der Waals surface area (Å²) in [5.74, 6) is 0.553. The lowest BCUT2D eigenvalue weighted by molar-refractivity contribution is -0.0460. The second-order valence-electron chi connectivity index (χ2n) is 3.26. The van der Waals surface area contributed by atoms with Crippen LogP contribution >= 0.6 is 11.6 Å². The zero-order chi connectivity index (χ0) is 9.45. The first-order valence-corrected chi connectivity index (χ1v) is 4.93. The van der Waals surface area contributed by atoms with E-state index in [1.54, 1.807) is 0 Å². The van der Waals surface area contributed by atoms with Crippen LogP contribution in [0.3, 0.4) is 0 Å². The average molecular weight is 195 g/mol. The molecule has 0 aromatic rings. The Morgan fingerprint density at radius 2 is 1.83 bits per heavy atom. The van der Waals surface area contributed by atoms with Crippen LogP contribution in [0.15, 0.2) is 0 Å². The van der Waals surface area contributed by atoms with Gasteiger partial charge in [0.1, 0.15) is 0 Å². The minimum Gasteiger partial charge on any atom is -0.378 e. The van der Waals surface area contributed by atoms with Gasteiger partial charge in [-0.05, 0) is 20.3 Å². The summed E-state index contributed by atoms with van der Waals surface area (Å²) in [4.78, 5) is 0. The van der Waals surface area contributed by atoms with Crippen LogP contribution in [-0.2, 0) is 9.47 Å². The van der Waals surface area contributed by atoms with Gasteiger partial charge in [-0.3, -0.25) is 0 Å². The molecule has 0 amide bonds. The van der Waals surface area contributed by atoms with Gasteiger partial charge in [0.05, 0.1) is 25.4 Å². The molecule has 0 unspecified atom stereocenters. The van der Waals surface area contributed by atoms with Crippen molar-refractivity contribution in [2.45, 2.75) is 32.8 Å². The van der Waals surface area contributed by atoms with E-state index in [0.717, 1.165) is 6.42 Å². The van der Waals surface area contributed by atoms with E-state index in [-0.39, 0.29) is 5.60 Å². The van der Waals surface area contributed by atoms with Gasteiger partial charge in [-0.2, -0.15) is 0 Å². The van der Waals surface area contributed by atoms with E-state index in [9.17, 15) is 0 Å². The van der Waals surface area contributed by atoms with Crippen molar-refractivity contribution in [3.05, 3.63) is 0 Å². The molecule has 2 nitrogen and oxygen atoms in total. The monoisotopic (exact) mass is 194 g/mol. The van der Waals surface area contributed by atoms with E-state index in [4.69, 9.17) is 21.1 Å². The van der Waals surface area contributed by atoms with E-state index in [1.165, 1.54) is 0 Å². The molecule has 0 heterocycles. The summed E-state index contributed by atoms with van der Waals surface area (Å²) in [7, 11) is 0. The zero-order valence-corrected chi connectivity index (χ0v) is 8.99. The predicted octanol–water partition coefficient (Wildman–Crippen LogP) is 2.45. The molecule has 0 rings (SSSR count). The third-order valence-corrected chi connectivity index (χ3v) is 1.95. The summed E-state index contributed by atoms with van der Waals surface area (Å²) >= 11 is 5.43. The number of rotatable bonds is 7. The SMILES string of the molecule is CCC(C)(C)OCCOCCCl. The summed E-state index contributed by atoms with van der Waals surface area (Å²) < 4.78 is 10.7. The molecule has 0 aliphatic carbocycles. The summed E-state index contributed by atoms with van der Waals surface area (Å²) in [5, 5.41) is 0. The molecule has 0 spiro atoms. The fraction of sp³-hybridized carbons (Fsp3) is 1.00. The highest BCUT2D eigenvalue weighted by molar-refractivity contribution is 6.17. The second-order valence-corrected chi connectivity index (χ2v) is 3.64. The molecule has 0 aliphatic rings. The summed E-state index contributed by atoms with van der Waals surface area (Å²) in [6, 6.07) is 0. The Kier molecular flexibility index (Phi) is 6.81. The molecule has 0 N–H and O–H groups in total. The van der Waals surface area contributed by atoms with Gasteiger partial charge in [-0.1, -0.05) is 6.92 Å². The van der Waals surface area contributed by atoms with Crippen molar-refractivity contribution in [2.75, 3.05) is 25.7 Å². The lowest BCUT2D eigenvalue weighted by Crippen LogP contribution is -2.25. The maximum atomic E-state index is 5.56. The van der Waals surface area contributed by atoms with Crippen LogP contribution < -0.4 is 0 Å². The molecule has 74 valence electrons. The van der Waals surface area contributed by atoms with E-state index >= 15 is 0 Å². The Labute approximate surface area is 80.2 Å². The molecule has 0 saturated carbocycles. The molecular formula is C9H19ClO2. The fourth-order valence-corrected chi connectivity index (χ4v) is 0.745. The van der Waals surface area contributed by atoms with Crippen LogP contribution in [0, 0.1) is 0 Å². The molecule has 12 heavy (non-hydrogen) atoms. The van der Waals surface area contributed by atoms with Crippen LogP contribution in [0.25, 0.3) is 0 Å². The first-order valence-electron chi connectivity index (χ1n) is 4.40. The zero-order valence-electron chi connectivity index (χ0n) is 8.23. The van der Waals surface area contributed by atoms with E-state index in [0.29, 0.717) is 25.7 Å². The van der Waals surface area contributed by atoms with Crippen molar-refractivity contribution >= 4 is 11.6 Å². The van der Waals surface area contributed by atoms with E-state index in [2.05, 4.69) is 20.8 Å². The summed E-state index contributed by atoms with van der Waals surface area (Å²) in [5.41, 5.74) is -0.0235. The van der Waals surface area contributed by atoms with E-state index in [1.807, 2.05) is 0 Å². The average Bonchev–Trinajstić information content (AvgIpc) is 2.04. The molecule has 0 fully saturated rings. The first-order chi connectivity index (χ1) is 5.62. The maximum Gasteiger partial charge on any atom is 0.0707 e. The van der Waals surface area contributed by atoms with Crippen molar-refractivity contribution in [1.82, 2.24) is 0 Å². The van der Waals surface area contributed by atoms with Gasteiger partial charge in [0.15, 0.2) is 0 Å². The number of hydrogen-bond donors (Lipinski definition) is 0. The largest absolute Gasteiger partial charge is 0.378 e. The van der Waals surface area contributed by atoms with Gasteiger partial charge in [-0.15, -0.1) is 11.6 Å². The molecular weight excluding hydrogens is 176 g/mol. The molecule has 0 radical (unpaired) electrons. The number of ether oxygens (including phenoxy) is 2. The lowest BCUT2D eigenvalue weighted by Gasteiger charge is -2.23. The highest BCUT2D eigenvalue weighted by Crippen LogP contribution is 2.12. The van der Waals surface area contributed by atoms with Crippen LogP contribution in [-0.4, -0.2) is 31.3 Å². The first kappa shape index (κ1) is 12.2. The van der Waals surface area contributed by atoms with E-state index < -0.39 is 0 Å². The summed E-state index contributed by atoms with van der Waals surface area (Å²) in [6.45, 7) is 8.16. The van der Waals surface area contributed by atoms with Crippen molar-refractivity contribution in [3.63, 3.8) is 0 Å². The lowest BCUT2D eigenvalue weighted by atomic mass is 10.1. The van der Waals surface area contributed by atoms with Crippen molar-refractivity contribution in [2.24, 2.45) is 0 Å². The van der Waals surface area contributed by atoms with Gasteiger partial charge >= 0.3 is 0 Å². The Balaban J connectivity index is 3.19. The third-order valence-electron chi connectivity index (χ3n) is 1.79. The summed E-state index contributed by atoms with van der Waals surface area (Å²) in [6.07, 6.45) is 1.02. The molecule has 0 bridgehead atoms. The normalized spacial score (nSPS) is 12.0. The molecule has 0 saturated heterocycles. The van der Waals surface area contributed by atoms with Crippen LogP contribution in [0.4, 0.5) is 0 Å². The van der Waals surface area contributed by atoms with Gasteiger partial charge in [0.2, 0.25) is 0 Å². The van der Waals surface area contributed by atoms with Crippen molar-refractivity contribution in [1.29, 1.82) is 0 Å². The second kappa shape index (κ2) is 6.70. The Morgan fingerprint density at radius 1 is 1.17 bits per heavy atom. The van der Waals surface area contributed by atoms with Crippen molar-refractivity contribution < 1.29 is 9.47 Å². The Bertz CT molecular complexity index is 105. The van der Waals surface area contributed by atoms with Gasteiger partial charge in [0.25, 0.3) is 0 Å². The molecule has 0 aromatic heterocycles. The number of alkyl halides is 1. The van der Waals surface area contributed by atoms with Crippen molar-refractivity contribution in [3.8, 4) is 0 Å². The number of halogens is 1. The maximum absolute atomic E-state index is 5.56. The minimum atomic E-state index is -0.0235. The Hall–Kier alpha value is 0.210. The third kappa shape index (κ3) is 6.89. The molecule has 3 heteroatoms. The van der Waals surface area contributed by atoms with Crippen LogP contribution in [0.1, 0.15) is 27.2 Å². The van der Waals surface area contributed by atoms with Crippen LogP contribution in [0.5, 0.6) is 0 Å². The Morgan fingerprint density at radius 3 is 2.33 bits per heavy atom. The van der Waals surface area contributed by atoms with Gasteiger partial charge in [-0.25, -0.2) is 0 Å². The minimum absolute atomic E-state index is 0.0235. The molecule has 0 aromatic carbocycles. The molecule has 0 atom stereocenters. The number of hydrogen-bond acceptors (Lipinski definition) is 2. The van der Waals surface area contributed by atoms with Crippen LogP contribution in [0.2, 0.25) is 0 Å². The fourth-order valence-electron chi connectivity index (χ4n) is 0.636. The quantitative estimate of drug-likeness (QED) is 0.458.